The van der Waals surface area contributed by atoms with Gasteiger partial charge in [-0.3, -0.25) is 4.79 Å². The van der Waals surface area contributed by atoms with E-state index in [2.05, 4.69) is 31.0 Å². The van der Waals surface area contributed by atoms with Crippen LogP contribution in [-0.2, 0) is 4.79 Å². The third kappa shape index (κ3) is 7.59. The van der Waals surface area contributed by atoms with Crippen LogP contribution in [0.1, 0.15) is 52.9 Å². The molecule has 23 heavy (non-hydrogen) atoms. The summed E-state index contributed by atoms with van der Waals surface area (Å²) in [6.07, 6.45) is 5.36. The Bertz CT molecular complexity index is 347. The molecule has 0 aromatic heterocycles. The molecule has 2 aliphatic rings. The maximum absolute atomic E-state index is 12.3. The van der Waals surface area contributed by atoms with Crippen LogP contribution in [0.4, 0.5) is 0 Å². The molecule has 1 heterocycles. The molecule has 1 aliphatic carbocycles. The fraction of sp³-hybridized carbons (Fsp3) is 0.941. The number of carbonyl (C=O) groups excluding carboxylic acids is 1. The molecule has 2 fully saturated rings. The molecule has 4 nitrogen and oxygen atoms in total. The van der Waals surface area contributed by atoms with Crippen molar-refractivity contribution in [2.45, 2.75) is 65.0 Å². The lowest BCUT2D eigenvalue weighted by atomic mass is 9.85. The number of rotatable bonds is 4. The second kappa shape index (κ2) is 10.8. The van der Waals surface area contributed by atoms with E-state index in [4.69, 9.17) is 5.73 Å². The van der Waals surface area contributed by atoms with Gasteiger partial charge in [0.25, 0.3) is 0 Å². The van der Waals surface area contributed by atoms with Crippen molar-refractivity contribution in [1.82, 2.24) is 10.2 Å². The smallest absolute Gasteiger partial charge is 0.223 e. The van der Waals surface area contributed by atoms with Gasteiger partial charge in [-0.25, -0.2) is 0 Å². The van der Waals surface area contributed by atoms with Crippen LogP contribution in [0.3, 0.4) is 0 Å². The molecule has 1 saturated heterocycles. The number of hydrogen-bond acceptors (Lipinski definition) is 3. The Labute approximate surface area is 154 Å². The fourth-order valence-electron chi connectivity index (χ4n) is 4.20. The number of likely N-dealkylation sites (tertiary alicyclic amines) is 1. The first-order valence-corrected chi connectivity index (χ1v) is 8.72. The summed E-state index contributed by atoms with van der Waals surface area (Å²) in [5, 5.41) is 3.21. The van der Waals surface area contributed by atoms with Gasteiger partial charge >= 0.3 is 0 Å². The van der Waals surface area contributed by atoms with Gasteiger partial charge in [0, 0.05) is 37.6 Å². The molecule has 0 aromatic carbocycles. The monoisotopic (exact) mass is 367 g/mol. The van der Waals surface area contributed by atoms with Gasteiger partial charge in [0.05, 0.1) is 0 Å². The lowest BCUT2D eigenvalue weighted by molar-refractivity contribution is -0.126. The average molecular weight is 368 g/mol. The molecule has 138 valence electrons. The van der Waals surface area contributed by atoms with Crippen molar-refractivity contribution in [2.24, 2.45) is 23.5 Å². The zero-order valence-electron chi connectivity index (χ0n) is 14.8. The molecule has 5 unspecified atom stereocenters. The summed E-state index contributed by atoms with van der Waals surface area (Å²) < 4.78 is 0. The molecule has 2 rings (SSSR count). The Morgan fingerprint density at radius 3 is 2.35 bits per heavy atom. The summed E-state index contributed by atoms with van der Waals surface area (Å²) in [6.45, 7) is 10.1. The summed E-state index contributed by atoms with van der Waals surface area (Å²) in [4.78, 5) is 14.8. The second-order valence-electron chi connectivity index (χ2n) is 7.70. The van der Waals surface area contributed by atoms with Gasteiger partial charge < -0.3 is 16.0 Å². The first-order valence-electron chi connectivity index (χ1n) is 8.72. The van der Waals surface area contributed by atoms with E-state index < -0.39 is 0 Å². The van der Waals surface area contributed by atoms with E-state index in [1.807, 2.05) is 0 Å². The Kier molecular flexibility index (Phi) is 10.7. The highest BCUT2D eigenvalue weighted by Gasteiger charge is 2.27. The standard InChI is InChI=1S/C17H33N3O.2ClH/c1-12-7-13(2)10-20(9-12)11-14(3)19-17(21)15-5-4-6-16(18)8-15;;/h12-16H,4-11,18H2,1-3H3,(H,19,21);2*1H. The number of halogens is 2. The van der Waals surface area contributed by atoms with E-state index in [1.54, 1.807) is 0 Å². The maximum Gasteiger partial charge on any atom is 0.223 e. The molecule has 0 spiro atoms. The number of nitrogens with zero attached hydrogens (tertiary/aromatic N) is 1. The van der Waals surface area contributed by atoms with Gasteiger partial charge in [0.2, 0.25) is 5.91 Å². The molecule has 1 aliphatic heterocycles. The summed E-state index contributed by atoms with van der Waals surface area (Å²) in [5.41, 5.74) is 5.99. The van der Waals surface area contributed by atoms with Crippen molar-refractivity contribution >= 4 is 30.7 Å². The Morgan fingerprint density at radius 2 is 1.78 bits per heavy atom. The SMILES string of the molecule is CC1CC(C)CN(CC(C)NC(=O)C2CCCC(N)C2)C1.Cl.Cl. The van der Waals surface area contributed by atoms with Crippen molar-refractivity contribution in [1.29, 1.82) is 0 Å². The Balaban J connectivity index is 0.00000242. The van der Waals surface area contributed by atoms with E-state index in [1.165, 1.54) is 19.5 Å². The topological polar surface area (TPSA) is 58.4 Å². The number of carbonyl (C=O) groups is 1. The van der Waals surface area contributed by atoms with Crippen molar-refractivity contribution in [3.8, 4) is 0 Å². The largest absolute Gasteiger partial charge is 0.352 e. The Morgan fingerprint density at radius 1 is 1.17 bits per heavy atom. The number of piperidine rings is 1. The van der Waals surface area contributed by atoms with Crippen LogP contribution in [0.5, 0.6) is 0 Å². The zero-order chi connectivity index (χ0) is 15.4. The first kappa shape index (κ1) is 23.0. The molecule has 5 atom stereocenters. The molecular weight excluding hydrogens is 333 g/mol. The van der Waals surface area contributed by atoms with Crippen LogP contribution >= 0.6 is 24.8 Å². The van der Waals surface area contributed by atoms with E-state index in [0.29, 0.717) is 0 Å². The van der Waals surface area contributed by atoms with Crippen LogP contribution in [-0.4, -0.2) is 42.5 Å². The highest BCUT2D eigenvalue weighted by Crippen LogP contribution is 2.24. The van der Waals surface area contributed by atoms with E-state index in [0.717, 1.165) is 44.1 Å². The number of nitrogens with two attached hydrogens (primary N) is 1. The minimum Gasteiger partial charge on any atom is -0.352 e. The molecule has 0 aromatic rings. The molecule has 0 radical (unpaired) electrons. The summed E-state index contributed by atoms with van der Waals surface area (Å²) in [5.74, 6) is 1.90. The van der Waals surface area contributed by atoms with Crippen LogP contribution in [0, 0.1) is 17.8 Å². The van der Waals surface area contributed by atoms with E-state index in [9.17, 15) is 4.79 Å². The molecular formula is C17H35Cl2N3O. The second-order valence-corrected chi connectivity index (χ2v) is 7.70. The van der Waals surface area contributed by atoms with Gasteiger partial charge in [0.15, 0.2) is 0 Å². The highest BCUT2D eigenvalue weighted by atomic mass is 35.5. The number of amides is 1. The zero-order valence-corrected chi connectivity index (χ0v) is 16.4. The minimum atomic E-state index is 0. The Hall–Kier alpha value is -0.0300. The average Bonchev–Trinajstić information content (AvgIpc) is 2.37. The van der Waals surface area contributed by atoms with Crippen molar-refractivity contribution in [3.63, 3.8) is 0 Å². The third-order valence-corrected chi connectivity index (χ3v) is 4.95. The van der Waals surface area contributed by atoms with E-state index in [-0.39, 0.29) is 48.7 Å². The highest BCUT2D eigenvalue weighted by molar-refractivity contribution is 5.85. The van der Waals surface area contributed by atoms with Gasteiger partial charge in [-0.2, -0.15) is 0 Å². The molecule has 0 bridgehead atoms. The molecule has 1 saturated carbocycles. The van der Waals surface area contributed by atoms with Crippen LogP contribution < -0.4 is 11.1 Å². The van der Waals surface area contributed by atoms with Crippen molar-refractivity contribution in [3.05, 3.63) is 0 Å². The number of hydrogen-bond donors (Lipinski definition) is 2. The minimum absolute atomic E-state index is 0. The van der Waals surface area contributed by atoms with Crippen LogP contribution in [0.25, 0.3) is 0 Å². The molecule has 1 amide bonds. The maximum atomic E-state index is 12.3. The third-order valence-electron chi connectivity index (χ3n) is 4.95. The first-order chi connectivity index (χ1) is 9.94. The lowest BCUT2D eigenvalue weighted by Gasteiger charge is -2.36. The summed E-state index contributed by atoms with van der Waals surface area (Å²) in [7, 11) is 0. The van der Waals surface area contributed by atoms with Gasteiger partial charge in [-0.1, -0.05) is 20.3 Å². The summed E-state index contributed by atoms with van der Waals surface area (Å²) in [6, 6.07) is 0.446. The van der Waals surface area contributed by atoms with Crippen molar-refractivity contribution in [2.75, 3.05) is 19.6 Å². The van der Waals surface area contributed by atoms with Crippen molar-refractivity contribution < 1.29 is 4.79 Å². The predicted octanol–water partition coefficient (Wildman–Crippen LogP) is 2.83. The lowest BCUT2D eigenvalue weighted by Crippen LogP contribution is -2.48. The van der Waals surface area contributed by atoms with Gasteiger partial charge in [-0.15, -0.1) is 24.8 Å². The van der Waals surface area contributed by atoms with Gasteiger partial charge in [0.1, 0.15) is 0 Å². The van der Waals surface area contributed by atoms with Crippen LogP contribution in [0.15, 0.2) is 0 Å². The molecule has 6 heteroatoms. The van der Waals surface area contributed by atoms with Crippen LogP contribution in [0.2, 0.25) is 0 Å². The van der Waals surface area contributed by atoms with E-state index >= 15 is 0 Å². The number of nitrogens with one attached hydrogen (secondary N) is 1. The fourth-order valence-corrected chi connectivity index (χ4v) is 4.20. The van der Waals surface area contributed by atoms with Gasteiger partial charge in [-0.05, 0) is 44.4 Å². The quantitative estimate of drug-likeness (QED) is 0.802. The summed E-state index contributed by atoms with van der Waals surface area (Å²) >= 11 is 0. The normalized spacial score (nSPS) is 33.0. The predicted molar refractivity (Wildman–Crippen MR) is 101 cm³/mol. The molecule has 3 N–H and O–H groups in total.